The molecule has 0 heterocycles. The van der Waals surface area contributed by atoms with Crippen LogP contribution in [0.25, 0.3) is 0 Å². The normalized spacial score (nSPS) is 13.0. The first kappa shape index (κ1) is 42.7. The topological polar surface area (TPSA) is 337 Å². The van der Waals surface area contributed by atoms with Gasteiger partial charge in [-0.3, -0.25) is 35.4 Å². The summed E-state index contributed by atoms with van der Waals surface area (Å²) in [6, 6.07) is 2.27. The average Bonchev–Trinajstić information content (AvgIpc) is 3.03. The number of ether oxygens (including phenoxy) is 1. The van der Waals surface area contributed by atoms with Crippen molar-refractivity contribution in [1.29, 1.82) is 16.2 Å². The number of hydrogen-bond acceptors (Lipinski definition) is 9. The second-order valence-electron chi connectivity index (χ2n) is 11.9. The van der Waals surface area contributed by atoms with E-state index in [4.69, 9.17) is 43.9 Å². The average molecular weight is 705 g/mol. The van der Waals surface area contributed by atoms with Crippen LogP contribution in [0, 0.1) is 30.1 Å². The van der Waals surface area contributed by atoms with Crippen LogP contribution in [0.15, 0.2) is 18.2 Å². The largest absolute Gasteiger partial charge is 0.491 e. The Hall–Kier alpha value is -5.33. The smallest absolute Gasteiger partial charge is 0.243 e. The molecule has 0 aliphatic heterocycles. The van der Waals surface area contributed by atoms with Gasteiger partial charge in [0.2, 0.25) is 23.6 Å². The number of hydrogen-bond donors (Lipinski definition) is 14. The van der Waals surface area contributed by atoms with Crippen molar-refractivity contribution in [3.63, 3.8) is 0 Å². The molecule has 4 amide bonds. The molecule has 0 saturated heterocycles. The molecule has 19 nitrogen and oxygen atoms in total. The Kier molecular flexibility index (Phi) is 19.7. The molecule has 50 heavy (non-hydrogen) atoms. The molecule has 0 radical (unpaired) electrons. The van der Waals surface area contributed by atoms with Gasteiger partial charge in [-0.2, -0.15) is 0 Å². The summed E-state index contributed by atoms with van der Waals surface area (Å²) in [7, 11) is 0. The Labute approximate surface area is 293 Å². The van der Waals surface area contributed by atoms with Crippen molar-refractivity contribution in [3.05, 3.63) is 29.3 Å². The fourth-order valence-corrected chi connectivity index (χ4v) is 4.72. The Morgan fingerprint density at radius 1 is 0.700 bits per heavy atom. The summed E-state index contributed by atoms with van der Waals surface area (Å²) in [5.41, 5.74) is 23.9. The van der Waals surface area contributed by atoms with E-state index in [0.29, 0.717) is 25.8 Å². The predicted molar refractivity (Wildman–Crippen MR) is 191 cm³/mol. The minimum atomic E-state index is -1.10. The van der Waals surface area contributed by atoms with Gasteiger partial charge in [0, 0.05) is 19.6 Å². The molecule has 0 spiro atoms. The fourth-order valence-electron chi connectivity index (χ4n) is 4.72. The molecule has 0 aromatic heterocycles. The van der Waals surface area contributed by atoms with Crippen molar-refractivity contribution in [2.45, 2.75) is 83.5 Å². The maximum atomic E-state index is 13.5. The maximum absolute atomic E-state index is 13.5. The van der Waals surface area contributed by atoms with Gasteiger partial charge >= 0.3 is 0 Å². The molecule has 0 bridgehead atoms. The molecule has 1 aromatic carbocycles. The summed E-state index contributed by atoms with van der Waals surface area (Å²) < 4.78 is 5.90. The lowest BCUT2D eigenvalue weighted by Crippen LogP contribution is -2.56. The van der Waals surface area contributed by atoms with Gasteiger partial charge in [0.05, 0.1) is 18.6 Å². The molecule has 1 aromatic rings. The summed E-state index contributed by atoms with van der Waals surface area (Å²) in [5, 5.41) is 40.4. The molecule has 0 aliphatic carbocycles. The van der Waals surface area contributed by atoms with E-state index >= 15 is 0 Å². The van der Waals surface area contributed by atoms with Crippen LogP contribution in [0.5, 0.6) is 5.75 Å². The molecular formula is C31H56N14O5. The minimum absolute atomic E-state index is 0.120. The summed E-state index contributed by atoms with van der Waals surface area (Å²) in [5.74, 6) is -2.31. The quantitative estimate of drug-likeness (QED) is 0.0317. The first-order chi connectivity index (χ1) is 23.6. The zero-order valence-electron chi connectivity index (χ0n) is 29.2. The van der Waals surface area contributed by atoms with Crippen molar-refractivity contribution < 1.29 is 23.9 Å². The third-order valence-corrected chi connectivity index (χ3v) is 7.30. The van der Waals surface area contributed by atoms with Crippen molar-refractivity contribution in [3.8, 4) is 5.75 Å². The fraction of sp³-hybridized carbons (Fsp3) is 0.581. The van der Waals surface area contributed by atoms with Gasteiger partial charge < -0.3 is 64.9 Å². The standard InChI is InChI=1S/C31H56N14O5/c1-18-8-4-9-19(2)25(18)50-17-20(3)43-24(46)16-42-27(48)22(11-6-14-40-30(35)36)45-28(49)23(12-7-15-41-31(37)38)44-26(47)21(32)10-5-13-39-29(33)34/h4,8-9,20-23H,5-7,10-17,32H2,1-3H3,(H,42,48)(H,43,46)(H,44,47)(H,45,49)(H4,33,34,39)(H4,35,36,40)(H4,37,38,41)/t20?,21-,22-,23-/m0/s1. The van der Waals surface area contributed by atoms with Crippen molar-refractivity contribution in [2.75, 3.05) is 32.8 Å². The molecule has 1 rings (SSSR count). The van der Waals surface area contributed by atoms with Gasteiger partial charge in [-0.25, -0.2) is 0 Å². The highest BCUT2D eigenvalue weighted by Crippen LogP contribution is 2.22. The number of carbonyl (C=O) groups excluding carboxylic acids is 4. The lowest BCUT2D eigenvalue weighted by atomic mass is 10.1. The number of nitrogens with one attached hydrogen (secondary N) is 10. The molecule has 0 aliphatic rings. The van der Waals surface area contributed by atoms with Crippen molar-refractivity contribution in [1.82, 2.24) is 37.2 Å². The highest BCUT2D eigenvalue weighted by molar-refractivity contribution is 5.94. The molecule has 4 atom stereocenters. The Morgan fingerprint density at radius 3 is 1.66 bits per heavy atom. The molecule has 280 valence electrons. The third kappa shape index (κ3) is 18.3. The summed E-state index contributed by atoms with van der Waals surface area (Å²) >= 11 is 0. The van der Waals surface area contributed by atoms with Crippen LogP contribution >= 0.6 is 0 Å². The van der Waals surface area contributed by atoms with E-state index in [-0.39, 0.29) is 69.4 Å². The van der Waals surface area contributed by atoms with Gasteiger partial charge in [-0.1, -0.05) is 18.2 Å². The zero-order chi connectivity index (χ0) is 37.6. The lowest BCUT2D eigenvalue weighted by molar-refractivity contribution is -0.133. The number of para-hydroxylation sites is 1. The number of aryl methyl sites for hydroxylation is 2. The molecule has 1 unspecified atom stereocenters. The molecular weight excluding hydrogens is 648 g/mol. The Bertz CT molecular complexity index is 1290. The second-order valence-corrected chi connectivity index (χ2v) is 11.9. The van der Waals surface area contributed by atoms with Gasteiger partial charge in [-0.15, -0.1) is 0 Å². The maximum Gasteiger partial charge on any atom is 0.243 e. The van der Waals surface area contributed by atoms with Crippen LogP contribution in [-0.4, -0.2) is 98.5 Å². The monoisotopic (exact) mass is 704 g/mol. The molecule has 19 heteroatoms. The van der Waals surface area contributed by atoms with E-state index < -0.39 is 41.8 Å². The number of guanidine groups is 3. The van der Waals surface area contributed by atoms with Crippen molar-refractivity contribution in [2.24, 2.45) is 22.9 Å². The third-order valence-electron chi connectivity index (χ3n) is 7.30. The van der Waals surface area contributed by atoms with E-state index in [0.717, 1.165) is 16.9 Å². The second kappa shape index (κ2) is 23.1. The van der Waals surface area contributed by atoms with Crippen LogP contribution in [0.3, 0.4) is 0 Å². The number of nitrogens with two attached hydrogens (primary N) is 4. The highest BCUT2D eigenvalue weighted by atomic mass is 16.5. The summed E-state index contributed by atoms with van der Waals surface area (Å²) in [6.45, 7) is 6.32. The number of amides is 4. The van der Waals surface area contributed by atoms with Crippen LogP contribution < -0.4 is 64.9 Å². The van der Waals surface area contributed by atoms with Crippen LogP contribution in [0.4, 0.5) is 0 Å². The number of rotatable bonds is 23. The first-order valence-electron chi connectivity index (χ1n) is 16.5. The van der Waals surface area contributed by atoms with E-state index in [9.17, 15) is 19.2 Å². The van der Waals surface area contributed by atoms with E-state index in [1.807, 2.05) is 32.0 Å². The zero-order valence-corrected chi connectivity index (χ0v) is 29.2. The van der Waals surface area contributed by atoms with E-state index in [2.05, 4.69) is 37.2 Å². The van der Waals surface area contributed by atoms with Crippen LogP contribution in [-0.2, 0) is 19.2 Å². The van der Waals surface area contributed by atoms with E-state index in [1.165, 1.54) is 0 Å². The Morgan fingerprint density at radius 2 is 1.16 bits per heavy atom. The van der Waals surface area contributed by atoms with Crippen molar-refractivity contribution >= 4 is 41.5 Å². The van der Waals surface area contributed by atoms with E-state index in [1.54, 1.807) is 6.92 Å². The van der Waals surface area contributed by atoms with Gasteiger partial charge in [0.15, 0.2) is 17.9 Å². The minimum Gasteiger partial charge on any atom is -0.491 e. The molecule has 0 saturated carbocycles. The predicted octanol–water partition coefficient (Wildman–Crippen LogP) is -2.61. The highest BCUT2D eigenvalue weighted by Gasteiger charge is 2.28. The van der Waals surface area contributed by atoms with Gasteiger partial charge in [0.25, 0.3) is 0 Å². The summed E-state index contributed by atoms with van der Waals surface area (Å²) in [4.78, 5) is 52.3. The number of carbonyl (C=O) groups is 4. The summed E-state index contributed by atoms with van der Waals surface area (Å²) in [6.07, 6.45) is 1.60. The van der Waals surface area contributed by atoms with Gasteiger partial charge in [0.1, 0.15) is 24.4 Å². The van der Waals surface area contributed by atoms with Crippen LogP contribution in [0.1, 0.15) is 56.6 Å². The van der Waals surface area contributed by atoms with Crippen LogP contribution in [0.2, 0.25) is 0 Å². The lowest BCUT2D eigenvalue weighted by Gasteiger charge is -2.24. The Balaban J connectivity index is 2.90. The molecule has 18 N–H and O–H groups in total. The molecule has 0 fully saturated rings. The number of benzene rings is 1. The van der Waals surface area contributed by atoms with Gasteiger partial charge in [-0.05, 0) is 70.4 Å². The first-order valence-corrected chi connectivity index (χ1v) is 16.5. The SMILES string of the molecule is Cc1cccc(C)c1OCC(C)NC(=O)CNC(=O)[C@H](CCCNC(=N)N)NC(=O)[C@H](CCCNC(=N)N)NC(=O)[C@@H](N)CCCNC(=N)N.